The SMILES string of the molecule is CC.O=C1C2C(c3ccc(Br)cc3)CCN2C(=O)N1c1cc(Cl)cc(Cl)c1. The van der Waals surface area contributed by atoms with E-state index in [-0.39, 0.29) is 17.9 Å². The standard InChI is InChI=1S/C18H13BrCl2N2O2.C2H6/c19-11-3-1-10(2-4-11)15-5-6-22-16(15)17(24)23(18(22)25)14-8-12(20)7-13(21)9-14;1-2/h1-4,7-9,15-16H,5-6H2;1-2H3. The van der Waals surface area contributed by atoms with Gasteiger partial charge in [-0.2, -0.15) is 0 Å². The zero-order valence-electron chi connectivity index (χ0n) is 15.0. The van der Waals surface area contributed by atoms with Crippen molar-refractivity contribution in [3.63, 3.8) is 0 Å². The largest absolute Gasteiger partial charge is 0.332 e. The number of rotatable bonds is 2. The van der Waals surface area contributed by atoms with Crippen LogP contribution in [0.1, 0.15) is 31.7 Å². The summed E-state index contributed by atoms with van der Waals surface area (Å²) >= 11 is 15.5. The second-order valence-corrected chi connectivity index (χ2v) is 7.96. The molecule has 0 spiro atoms. The van der Waals surface area contributed by atoms with Crippen LogP contribution in [-0.2, 0) is 4.79 Å². The maximum Gasteiger partial charge on any atom is 0.332 e. The van der Waals surface area contributed by atoms with Crippen LogP contribution in [0.3, 0.4) is 0 Å². The van der Waals surface area contributed by atoms with Gasteiger partial charge in [0, 0.05) is 27.0 Å². The third-order valence-electron chi connectivity index (χ3n) is 4.71. The lowest BCUT2D eigenvalue weighted by atomic mass is 9.91. The number of amides is 3. The lowest BCUT2D eigenvalue weighted by molar-refractivity contribution is -0.119. The zero-order valence-corrected chi connectivity index (χ0v) is 18.1. The molecule has 27 heavy (non-hydrogen) atoms. The highest BCUT2D eigenvalue weighted by Crippen LogP contribution is 2.41. The van der Waals surface area contributed by atoms with Crippen molar-refractivity contribution in [2.24, 2.45) is 0 Å². The number of fused-ring (bicyclic) bond motifs is 1. The summed E-state index contributed by atoms with van der Waals surface area (Å²) in [5.74, 6) is -0.238. The minimum atomic E-state index is -0.480. The van der Waals surface area contributed by atoms with Crippen molar-refractivity contribution in [1.82, 2.24) is 4.90 Å². The molecule has 3 amide bonds. The minimum absolute atomic E-state index is 0.00999. The van der Waals surface area contributed by atoms with E-state index in [1.807, 2.05) is 38.1 Å². The monoisotopic (exact) mass is 468 g/mol. The van der Waals surface area contributed by atoms with Gasteiger partial charge >= 0.3 is 6.03 Å². The Morgan fingerprint density at radius 1 is 1.00 bits per heavy atom. The van der Waals surface area contributed by atoms with Crippen molar-refractivity contribution < 1.29 is 9.59 Å². The van der Waals surface area contributed by atoms with Gasteiger partial charge in [0.15, 0.2) is 0 Å². The van der Waals surface area contributed by atoms with Gasteiger partial charge in [-0.3, -0.25) is 4.79 Å². The molecule has 2 fully saturated rings. The summed E-state index contributed by atoms with van der Waals surface area (Å²) in [6, 6.07) is 11.8. The van der Waals surface area contributed by atoms with E-state index in [1.165, 1.54) is 4.90 Å². The smallest absolute Gasteiger partial charge is 0.311 e. The van der Waals surface area contributed by atoms with Gasteiger partial charge < -0.3 is 4.90 Å². The van der Waals surface area contributed by atoms with E-state index < -0.39 is 6.04 Å². The van der Waals surface area contributed by atoms with Crippen LogP contribution in [0.4, 0.5) is 10.5 Å². The maximum atomic E-state index is 13.0. The number of hydrogen-bond donors (Lipinski definition) is 0. The second-order valence-electron chi connectivity index (χ2n) is 6.17. The van der Waals surface area contributed by atoms with E-state index in [0.29, 0.717) is 22.3 Å². The quantitative estimate of drug-likeness (QED) is 0.498. The normalized spacial score (nSPS) is 21.2. The van der Waals surface area contributed by atoms with Crippen molar-refractivity contribution in [3.8, 4) is 0 Å². The highest BCUT2D eigenvalue weighted by atomic mass is 79.9. The molecule has 2 aromatic carbocycles. The van der Waals surface area contributed by atoms with Crippen LogP contribution in [0.2, 0.25) is 10.0 Å². The fourth-order valence-electron chi connectivity index (χ4n) is 3.63. The minimum Gasteiger partial charge on any atom is -0.311 e. The molecule has 7 heteroatoms. The summed E-state index contributed by atoms with van der Waals surface area (Å²) in [7, 11) is 0. The average molecular weight is 470 g/mol. The van der Waals surface area contributed by atoms with Crippen LogP contribution in [0.5, 0.6) is 0 Å². The lowest BCUT2D eigenvalue weighted by Crippen LogP contribution is -2.33. The van der Waals surface area contributed by atoms with E-state index in [2.05, 4.69) is 15.9 Å². The number of benzene rings is 2. The topological polar surface area (TPSA) is 40.6 Å². The fraction of sp³-hybridized carbons (Fsp3) is 0.300. The zero-order chi connectivity index (χ0) is 19.7. The fourth-order valence-corrected chi connectivity index (χ4v) is 4.41. The highest BCUT2D eigenvalue weighted by Gasteiger charge is 2.53. The molecule has 142 valence electrons. The van der Waals surface area contributed by atoms with Gasteiger partial charge in [-0.1, -0.05) is 65.1 Å². The van der Waals surface area contributed by atoms with E-state index in [4.69, 9.17) is 23.2 Å². The summed E-state index contributed by atoms with van der Waals surface area (Å²) in [6.07, 6.45) is 0.772. The van der Waals surface area contributed by atoms with E-state index in [0.717, 1.165) is 16.5 Å². The third kappa shape index (κ3) is 3.73. The van der Waals surface area contributed by atoms with Crippen LogP contribution in [0.25, 0.3) is 0 Å². The Morgan fingerprint density at radius 3 is 2.19 bits per heavy atom. The predicted octanol–water partition coefficient (Wildman–Crippen LogP) is 6.11. The molecule has 2 aromatic rings. The first kappa shape index (κ1) is 20.2. The molecule has 2 unspecified atom stereocenters. The molecular formula is C20H19BrCl2N2O2. The molecule has 0 aromatic heterocycles. The number of halogens is 3. The number of anilines is 1. The van der Waals surface area contributed by atoms with E-state index >= 15 is 0 Å². The number of nitrogens with zero attached hydrogens (tertiary/aromatic N) is 2. The number of hydrogen-bond acceptors (Lipinski definition) is 2. The van der Waals surface area contributed by atoms with Crippen molar-refractivity contribution in [2.75, 3.05) is 11.4 Å². The van der Waals surface area contributed by atoms with Crippen molar-refractivity contribution >= 4 is 56.8 Å². The first-order valence-corrected chi connectivity index (χ1v) is 10.4. The number of carbonyl (C=O) groups is 2. The Balaban J connectivity index is 0.00000102. The number of urea groups is 1. The Labute approximate surface area is 177 Å². The predicted molar refractivity (Wildman–Crippen MR) is 113 cm³/mol. The summed E-state index contributed by atoms with van der Waals surface area (Å²) in [5, 5.41) is 0.777. The molecule has 0 aliphatic carbocycles. The molecule has 4 nitrogen and oxygen atoms in total. The van der Waals surface area contributed by atoms with Gasteiger partial charge in [0.25, 0.3) is 5.91 Å². The van der Waals surface area contributed by atoms with Crippen molar-refractivity contribution in [2.45, 2.75) is 32.2 Å². The van der Waals surface area contributed by atoms with Gasteiger partial charge in [-0.15, -0.1) is 0 Å². The Kier molecular flexibility index (Phi) is 6.14. The average Bonchev–Trinajstić information content (AvgIpc) is 3.17. The molecule has 0 N–H and O–H groups in total. The van der Waals surface area contributed by atoms with Gasteiger partial charge in [0.1, 0.15) is 6.04 Å². The van der Waals surface area contributed by atoms with Gasteiger partial charge in [-0.05, 0) is 42.3 Å². The van der Waals surface area contributed by atoms with Gasteiger partial charge in [-0.25, -0.2) is 9.69 Å². The molecule has 2 saturated heterocycles. The molecule has 2 heterocycles. The summed E-state index contributed by atoms with van der Waals surface area (Å²) in [5.41, 5.74) is 1.47. The van der Waals surface area contributed by atoms with Crippen molar-refractivity contribution in [3.05, 3.63) is 62.5 Å². The van der Waals surface area contributed by atoms with Gasteiger partial charge in [0.2, 0.25) is 0 Å². The Morgan fingerprint density at radius 2 is 1.59 bits per heavy atom. The number of imide groups is 1. The van der Waals surface area contributed by atoms with Crippen LogP contribution in [0.15, 0.2) is 46.9 Å². The van der Waals surface area contributed by atoms with E-state index in [1.54, 1.807) is 23.1 Å². The van der Waals surface area contributed by atoms with E-state index in [9.17, 15) is 9.59 Å². The molecule has 2 atom stereocenters. The molecule has 2 aliphatic heterocycles. The first-order chi connectivity index (χ1) is 13.0. The molecule has 0 bridgehead atoms. The van der Waals surface area contributed by atoms with Crippen LogP contribution >= 0.6 is 39.1 Å². The lowest BCUT2D eigenvalue weighted by Gasteiger charge is -2.18. The summed E-state index contributed by atoms with van der Waals surface area (Å²) < 4.78 is 0.982. The Bertz CT molecular complexity index is 853. The second kappa shape index (κ2) is 8.21. The molecule has 0 radical (unpaired) electrons. The first-order valence-electron chi connectivity index (χ1n) is 8.82. The van der Waals surface area contributed by atoms with Crippen LogP contribution in [0, 0.1) is 0 Å². The number of carbonyl (C=O) groups excluding carboxylic acids is 2. The molecular weight excluding hydrogens is 451 g/mol. The molecule has 2 aliphatic rings. The third-order valence-corrected chi connectivity index (χ3v) is 5.68. The summed E-state index contributed by atoms with van der Waals surface area (Å²) in [6.45, 7) is 4.56. The summed E-state index contributed by atoms with van der Waals surface area (Å²) in [4.78, 5) is 28.7. The van der Waals surface area contributed by atoms with Gasteiger partial charge in [0.05, 0.1) is 5.69 Å². The molecule has 4 rings (SSSR count). The van der Waals surface area contributed by atoms with Crippen LogP contribution < -0.4 is 4.90 Å². The highest BCUT2D eigenvalue weighted by molar-refractivity contribution is 9.10. The van der Waals surface area contributed by atoms with Crippen LogP contribution in [-0.4, -0.2) is 29.4 Å². The maximum absolute atomic E-state index is 13.0. The van der Waals surface area contributed by atoms with Crippen molar-refractivity contribution in [1.29, 1.82) is 0 Å². The Hall–Kier alpha value is -1.56. The molecule has 0 saturated carbocycles.